The molecule has 1 N–H and O–H groups in total. The Bertz CT molecular complexity index is 656. The summed E-state index contributed by atoms with van der Waals surface area (Å²) in [5.74, 6) is 0.553. The molecule has 0 bridgehead atoms. The quantitative estimate of drug-likeness (QED) is 0.774. The van der Waals surface area contributed by atoms with Crippen molar-refractivity contribution in [1.29, 1.82) is 0 Å². The van der Waals surface area contributed by atoms with Gasteiger partial charge in [0.15, 0.2) is 0 Å². The van der Waals surface area contributed by atoms with Crippen molar-refractivity contribution >= 4 is 5.78 Å². The van der Waals surface area contributed by atoms with Gasteiger partial charge in [-0.15, -0.1) is 0 Å². The molecular weight excluding hydrogens is 236 g/mol. The van der Waals surface area contributed by atoms with E-state index in [0.29, 0.717) is 12.2 Å². The van der Waals surface area contributed by atoms with Crippen molar-refractivity contribution in [2.45, 2.75) is 26.2 Å². The molecule has 2 aromatic rings. The summed E-state index contributed by atoms with van der Waals surface area (Å²) in [5.41, 5.74) is 6.15. The molecule has 19 heavy (non-hydrogen) atoms. The fourth-order valence-corrected chi connectivity index (χ4v) is 2.73. The van der Waals surface area contributed by atoms with Crippen molar-refractivity contribution in [3.8, 4) is 16.9 Å². The maximum atomic E-state index is 11.0. The van der Waals surface area contributed by atoms with Gasteiger partial charge in [-0.1, -0.05) is 24.3 Å². The number of hydrogen-bond donors (Lipinski definition) is 1. The summed E-state index contributed by atoms with van der Waals surface area (Å²) in [6, 6.07) is 12.0. The molecule has 0 spiro atoms. The second-order valence-corrected chi connectivity index (χ2v) is 5.21. The van der Waals surface area contributed by atoms with Gasteiger partial charge in [0.25, 0.3) is 0 Å². The summed E-state index contributed by atoms with van der Waals surface area (Å²) in [4.78, 5) is 11.0. The summed E-state index contributed by atoms with van der Waals surface area (Å²) < 4.78 is 0. The number of rotatable bonds is 3. The standard InChI is InChI=1S/C17H16O2/c1-11(18)2-3-12-4-6-16-13(8-12)9-14-10-15(19)5-7-17(14)16/h4-8,10,19H,2-3,9H2,1H3. The van der Waals surface area contributed by atoms with Crippen LogP contribution >= 0.6 is 0 Å². The minimum atomic E-state index is 0.230. The lowest BCUT2D eigenvalue weighted by atomic mass is 10.0. The number of fused-ring (bicyclic) bond motifs is 3. The normalized spacial score (nSPS) is 12.1. The fraction of sp³-hybridized carbons (Fsp3) is 0.235. The average molecular weight is 252 g/mol. The van der Waals surface area contributed by atoms with E-state index in [9.17, 15) is 9.90 Å². The molecule has 0 saturated carbocycles. The second kappa shape index (κ2) is 4.54. The molecule has 0 atom stereocenters. The van der Waals surface area contributed by atoms with Gasteiger partial charge in [0.1, 0.15) is 11.5 Å². The fourth-order valence-electron chi connectivity index (χ4n) is 2.73. The Morgan fingerprint density at radius 1 is 1.11 bits per heavy atom. The third kappa shape index (κ3) is 2.26. The molecule has 96 valence electrons. The van der Waals surface area contributed by atoms with Crippen LogP contribution in [0.5, 0.6) is 5.75 Å². The molecule has 0 aromatic heterocycles. The van der Waals surface area contributed by atoms with Gasteiger partial charge in [-0.3, -0.25) is 0 Å². The van der Waals surface area contributed by atoms with Crippen LogP contribution in [0, 0.1) is 0 Å². The van der Waals surface area contributed by atoms with Crippen molar-refractivity contribution in [3.05, 3.63) is 53.1 Å². The van der Waals surface area contributed by atoms with E-state index in [1.807, 2.05) is 12.1 Å². The number of Topliss-reactive ketones (excluding diaryl/α,β-unsaturated/α-hetero) is 1. The highest BCUT2D eigenvalue weighted by molar-refractivity contribution is 5.78. The van der Waals surface area contributed by atoms with Crippen molar-refractivity contribution in [2.24, 2.45) is 0 Å². The molecule has 0 aliphatic heterocycles. The van der Waals surface area contributed by atoms with Gasteiger partial charge in [0.05, 0.1) is 0 Å². The molecular formula is C17H16O2. The van der Waals surface area contributed by atoms with Crippen LogP contribution in [0.15, 0.2) is 36.4 Å². The maximum Gasteiger partial charge on any atom is 0.130 e. The topological polar surface area (TPSA) is 37.3 Å². The van der Waals surface area contributed by atoms with E-state index < -0.39 is 0 Å². The third-order valence-electron chi connectivity index (χ3n) is 3.70. The Morgan fingerprint density at radius 3 is 2.53 bits per heavy atom. The van der Waals surface area contributed by atoms with Crippen LogP contribution in [0.2, 0.25) is 0 Å². The number of carbonyl (C=O) groups is 1. The van der Waals surface area contributed by atoms with Gasteiger partial charge in [0.2, 0.25) is 0 Å². The number of hydrogen-bond acceptors (Lipinski definition) is 2. The lowest BCUT2D eigenvalue weighted by Gasteiger charge is -2.04. The average Bonchev–Trinajstić information content (AvgIpc) is 2.72. The zero-order valence-electron chi connectivity index (χ0n) is 10.9. The molecule has 3 rings (SSSR count). The van der Waals surface area contributed by atoms with Crippen molar-refractivity contribution < 1.29 is 9.90 Å². The van der Waals surface area contributed by atoms with Crippen LogP contribution in [0.1, 0.15) is 30.0 Å². The van der Waals surface area contributed by atoms with Crippen LogP contribution < -0.4 is 0 Å². The molecule has 2 nitrogen and oxygen atoms in total. The molecule has 1 aliphatic carbocycles. The lowest BCUT2D eigenvalue weighted by Crippen LogP contribution is -1.94. The van der Waals surface area contributed by atoms with Crippen molar-refractivity contribution in [3.63, 3.8) is 0 Å². The van der Waals surface area contributed by atoms with Crippen LogP contribution in [0.3, 0.4) is 0 Å². The number of phenolic OH excluding ortho intramolecular Hbond substituents is 1. The summed E-state index contributed by atoms with van der Waals surface area (Å²) in [6.45, 7) is 1.63. The number of aryl methyl sites for hydroxylation is 1. The maximum absolute atomic E-state index is 11.0. The Hall–Kier alpha value is -2.09. The van der Waals surface area contributed by atoms with Gasteiger partial charge in [-0.25, -0.2) is 0 Å². The molecule has 0 saturated heterocycles. The van der Waals surface area contributed by atoms with Gasteiger partial charge >= 0.3 is 0 Å². The number of phenols is 1. The van der Waals surface area contributed by atoms with Gasteiger partial charge in [-0.05, 0) is 59.7 Å². The van der Waals surface area contributed by atoms with E-state index in [4.69, 9.17) is 0 Å². The van der Waals surface area contributed by atoms with Crippen LogP contribution in [-0.4, -0.2) is 10.9 Å². The van der Waals surface area contributed by atoms with Crippen LogP contribution in [-0.2, 0) is 17.6 Å². The summed E-state index contributed by atoms with van der Waals surface area (Å²) in [5, 5.41) is 9.54. The summed E-state index contributed by atoms with van der Waals surface area (Å²) in [6.07, 6.45) is 2.28. The zero-order valence-corrected chi connectivity index (χ0v) is 10.9. The van der Waals surface area contributed by atoms with E-state index >= 15 is 0 Å². The van der Waals surface area contributed by atoms with E-state index in [1.54, 1.807) is 13.0 Å². The monoisotopic (exact) mass is 252 g/mol. The third-order valence-corrected chi connectivity index (χ3v) is 3.70. The van der Waals surface area contributed by atoms with Crippen molar-refractivity contribution in [2.75, 3.05) is 0 Å². The first kappa shape index (κ1) is 12.0. The predicted octanol–water partition coefficient (Wildman–Crippen LogP) is 3.49. The van der Waals surface area contributed by atoms with Crippen LogP contribution in [0.25, 0.3) is 11.1 Å². The molecule has 2 heteroatoms. The van der Waals surface area contributed by atoms with Crippen LogP contribution in [0.4, 0.5) is 0 Å². The Kier molecular flexibility index (Phi) is 2.86. The van der Waals surface area contributed by atoms with E-state index in [2.05, 4.69) is 18.2 Å². The molecule has 0 radical (unpaired) electrons. The summed E-state index contributed by atoms with van der Waals surface area (Å²) in [7, 11) is 0. The predicted molar refractivity (Wildman–Crippen MR) is 75.4 cm³/mol. The first-order chi connectivity index (χ1) is 9.13. The Morgan fingerprint density at radius 2 is 1.79 bits per heavy atom. The first-order valence-electron chi connectivity index (χ1n) is 6.57. The Labute approximate surface area is 112 Å². The van der Waals surface area contributed by atoms with Gasteiger partial charge in [-0.2, -0.15) is 0 Å². The van der Waals surface area contributed by atoms with E-state index in [1.165, 1.54) is 27.8 Å². The molecule has 0 unspecified atom stereocenters. The molecule has 0 heterocycles. The van der Waals surface area contributed by atoms with Gasteiger partial charge in [0, 0.05) is 6.42 Å². The zero-order chi connectivity index (χ0) is 13.4. The minimum Gasteiger partial charge on any atom is -0.508 e. The number of ketones is 1. The SMILES string of the molecule is CC(=O)CCc1ccc2c(c1)Cc1cc(O)ccc1-2. The number of benzene rings is 2. The number of carbonyl (C=O) groups excluding carboxylic acids is 1. The lowest BCUT2D eigenvalue weighted by molar-refractivity contribution is -0.116. The number of aromatic hydroxyl groups is 1. The highest BCUT2D eigenvalue weighted by Crippen LogP contribution is 2.38. The molecule has 0 amide bonds. The minimum absolute atomic E-state index is 0.230. The summed E-state index contributed by atoms with van der Waals surface area (Å²) >= 11 is 0. The van der Waals surface area contributed by atoms with Gasteiger partial charge < -0.3 is 9.90 Å². The molecule has 2 aromatic carbocycles. The Balaban J connectivity index is 1.92. The highest BCUT2D eigenvalue weighted by Gasteiger charge is 2.18. The second-order valence-electron chi connectivity index (χ2n) is 5.21. The largest absolute Gasteiger partial charge is 0.508 e. The highest BCUT2D eigenvalue weighted by atomic mass is 16.3. The smallest absolute Gasteiger partial charge is 0.130 e. The van der Waals surface area contributed by atoms with E-state index in [0.717, 1.165) is 12.8 Å². The van der Waals surface area contributed by atoms with Crippen molar-refractivity contribution in [1.82, 2.24) is 0 Å². The first-order valence-corrected chi connectivity index (χ1v) is 6.57. The van der Waals surface area contributed by atoms with E-state index in [-0.39, 0.29) is 5.78 Å². The molecule has 0 fully saturated rings. The molecule has 1 aliphatic rings.